The second kappa shape index (κ2) is 10.1. The minimum atomic E-state index is -0.535. The van der Waals surface area contributed by atoms with Gasteiger partial charge in [0.15, 0.2) is 0 Å². The molecule has 150 valence electrons. The second-order valence-electron chi connectivity index (χ2n) is 6.37. The molecule has 3 rings (SSSR count). The third kappa shape index (κ3) is 5.65. The summed E-state index contributed by atoms with van der Waals surface area (Å²) in [7, 11) is 0. The van der Waals surface area contributed by atoms with Gasteiger partial charge in [-0.05, 0) is 53.1 Å². The van der Waals surface area contributed by atoms with Crippen LogP contribution in [0.1, 0.15) is 16.7 Å². The lowest BCUT2D eigenvalue weighted by Gasteiger charge is -2.08. The maximum atomic E-state index is 12.5. The maximum absolute atomic E-state index is 12.5. The van der Waals surface area contributed by atoms with E-state index in [1.165, 1.54) is 12.1 Å². The number of benzene rings is 3. The molecule has 3 aromatic carbocycles. The van der Waals surface area contributed by atoms with Gasteiger partial charge in [0.2, 0.25) is 0 Å². The fraction of sp³-hybridized carbons (Fsp3) is 0.0435. The molecule has 7 heteroatoms. The van der Waals surface area contributed by atoms with Crippen LogP contribution in [0.4, 0.5) is 5.69 Å². The van der Waals surface area contributed by atoms with E-state index in [1.54, 1.807) is 12.1 Å². The average Bonchev–Trinajstić information content (AvgIpc) is 2.72. The Hall–Kier alpha value is -2.29. The van der Waals surface area contributed by atoms with E-state index < -0.39 is 5.91 Å². The van der Waals surface area contributed by atoms with Crippen LogP contribution in [0.25, 0.3) is 6.08 Å². The summed E-state index contributed by atoms with van der Waals surface area (Å²) in [5, 5.41) is 13.5. The predicted molar refractivity (Wildman–Crippen MR) is 127 cm³/mol. The number of anilines is 1. The SMILES string of the molecule is N#C/C(=C\c1ccc(Cc2ccccc2Cl)c(Br)c1)C(=O)Nc1ccc(Cl)c(Cl)c1. The molecule has 0 aliphatic heterocycles. The quantitative estimate of drug-likeness (QED) is 0.279. The minimum absolute atomic E-state index is 0.0353. The van der Waals surface area contributed by atoms with Crippen LogP contribution in [0.2, 0.25) is 15.1 Å². The molecule has 3 aromatic rings. The van der Waals surface area contributed by atoms with Crippen molar-refractivity contribution in [1.29, 1.82) is 5.26 Å². The third-order valence-corrected chi connectivity index (χ3v) is 6.12. The zero-order valence-electron chi connectivity index (χ0n) is 15.4. The molecule has 0 atom stereocenters. The van der Waals surface area contributed by atoms with Crippen molar-refractivity contribution in [3.63, 3.8) is 0 Å². The van der Waals surface area contributed by atoms with E-state index in [2.05, 4.69) is 21.2 Å². The molecule has 1 N–H and O–H groups in total. The largest absolute Gasteiger partial charge is 0.321 e. The number of carbonyl (C=O) groups excluding carboxylic acids is 1. The lowest BCUT2D eigenvalue weighted by Crippen LogP contribution is -2.13. The number of halogens is 4. The van der Waals surface area contributed by atoms with E-state index in [0.717, 1.165) is 15.6 Å². The first-order valence-corrected chi connectivity index (χ1v) is 10.7. The number of amides is 1. The van der Waals surface area contributed by atoms with E-state index in [4.69, 9.17) is 34.8 Å². The Morgan fingerprint density at radius 2 is 1.73 bits per heavy atom. The van der Waals surface area contributed by atoms with Gasteiger partial charge in [0.25, 0.3) is 5.91 Å². The summed E-state index contributed by atoms with van der Waals surface area (Å²) >= 11 is 21.7. The summed E-state index contributed by atoms with van der Waals surface area (Å²) in [6, 6.07) is 19.9. The summed E-state index contributed by atoms with van der Waals surface area (Å²) in [6.07, 6.45) is 2.18. The minimum Gasteiger partial charge on any atom is -0.321 e. The molecule has 0 saturated carbocycles. The number of nitriles is 1. The summed E-state index contributed by atoms with van der Waals surface area (Å²) < 4.78 is 0.860. The highest BCUT2D eigenvalue weighted by Gasteiger charge is 2.12. The van der Waals surface area contributed by atoms with Crippen LogP contribution >= 0.6 is 50.7 Å². The molecule has 0 spiro atoms. The molecule has 1 amide bonds. The Balaban J connectivity index is 1.79. The van der Waals surface area contributed by atoms with Crippen molar-refractivity contribution < 1.29 is 4.79 Å². The van der Waals surface area contributed by atoms with Crippen molar-refractivity contribution in [1.82, 2.24) is 0 Å². The number of hydrogen-bond acceptors (Lipinski definition) is 2. The van der Waals surface area contributed by atoms with Gasteiger partial charge in [-0.1, -0.05) is 81.1 Å². The van der Waals surface area contributed by atoms with Crippen molar-refractivity contribution in [2.24, 2.45) is 0 Å². The Labute approximate surface area is 198 Å². The average molecular weight is 521 g/mol. The van der Waals surface area contributed by atoms with Crippen molar-refractivity contribution in [2.75, 3.05) is 5.32 Å². The van der Waals surface area contributed by atoms with Gasteiger partial charge in [-0.2, -0.15) is 5.26 Å². The standard InChI is InChI=1S/C23H14BrCl3N2O/c24-19-10-14(5-6-15(19)11-16-3-1-2-4-20(16)25)9-17(13-28)23(30)29-18-7-8-21(26)22(27)12-18/h1-10,12H,11H2,(H,29,30)/b17-9+. The molecule has 0 heterocycles. The van der Waals surface area contributed by atoms with E-state index >= 15 is 0 Å². The van der Waals surface area contributed by atoms with Crippen LogP contribution in [0.3, 0.4) is 0 Å². The zero-order chi connectivity index (χ0) is 21.7. The molecule has 0 unspecified atom stereocenters. The number of hydrogen-bond donors (Lipinski definition) is 1. The second-order valence-corrected chi connectivity index (χ2v) is 8.45. The molecular weight excluding hydrogens is 507 g/mol. The van der Waals surface area contributed by atoms with E-state index in [0.29, 0.717) is 32.7 Å². The van der Waals surface area contributed by atoms with Crippen molar-refractivity contribution in [3.8, 4) is 6.07 Å². The zero-order valence-corrected chi connectivity index (χ0v) is 19.3. The molecule has 3 nitrogen and oxygen atoms in total. The van der Waals surface area contributed by atoms with Crippen LogP contribution in [0.15, 0.2) is 70.7 Å². The van der Waals surface area contributed by atoms with Gasteiger partial charge in [-0.25, -0.2) is 0 Å². The summed E-state index contributed by atoms with van der Waals surface area (Å²) in [5.41, 5.74) is 3.19. The summed E-state index contributed by atoms with van der Waals surface area (Å²) in [5.74, 6) is -0.535. The maximum Gasteiger partial charge on any atom is 0.266 e. The Kier molecular flexibility index (Phi) is 7.58. The fourth-order valence-corrected chi connectivity index (χ4v) is 3.77. The van der Waals surface area contributed by atoms with Crippen LogP contribution < -0.4 is 5.32 Å². The van der Waals surface area contributed by atoms with E-state index in [1.807, 2.05) is 48.5 Å². The number of nitrogens with zero attached hydrogens (tertiary/aromatic N) is 1. The Morgan fingerprint density at radius 3 is 2.40 bits per heavy atom. The van der Waals surface area contributed by atoms with Gasteiger partial charge in [0.1, 0.15) is 11.6 Å². The number of rotatable bonds is 5. The monoisotopic (exact) mass is 518 g/mol. The molecule has 0 radical (unpaired) electrons. The number of carbonyl (C=O) groups is 1. The highest BCUT2D eigenvalue weighted by Crippen LogP contribution is 2.27. The van der Waals surface area contributed by atoms with Gasteiger partial charge in [-0.3, -0.25) is 4.79 Å². The molecule has 0 fully saturated rings. The lowest BCUT2D eigenvalue weighted by molar-refractivity contribution is -0.112. The molecule has 0 aliphatic rings. The van der Waals surface area contributed by atoms with Crippen molar-refractivity contribution in [3.05, 3.63) is 102 Å². The summed E-state index contributed by atoms with van der Waals surface area (Å²) in [4.78, 5) is 12.5. The fourth-order valence-electron chi connectivity index (χ4n) is 2.73. The Morgan fingerprint density at radius 1 is 0.967 bits per heavy atom. The van der Waals surface area contributed by atoms with Crippen LogP contribution in [0, 0.1) is 11.3 Å². The predicted octanol–water partition coefficient (Wildman–Crippen LogP) is 7.55. The summed E-state index contributed by atoms with van der Waals surface area (Å²) in [6.45, 7) is 0. The Bertz CT molecular complexity index is 1190. The highest BCUT2D eigenvalue weighted by atomic mass is 79.9. The lowest BCUT2D eigenvalue weighted by atomic mass is 10.0. The van der Waals surface area contributed by atoms with Gasteiger partial charge in [0.05, 0.1) is 10.0 Å². The molecule has 0 aliphatic carbocycles. The first kappa shape index (κ1) is 22.4. The molecular formula is C23H14BrCl3N2O. The van der Waals surface area contributed by atoms with E-state index in [-0.39, 0.29) is 5.57 Å². The van der Waals surface area contributed by atoms with Gasteiger partial charge < -0.3 is 5.32 Å². The van der Waals surface area contributed by atoms with Crippen LogP contribution in [-0.4, -0.2) is 5.91 Å². The van der Waals surface area contributed by atoms with Crippen LogP contribution in [-0.2, 0) is 11.2 Å². The smallest absolute Gasteiger partial charge is 0.266 e. The van der Waals surface area contributed by atoms with Crippen molar-refractivity contribution in [2.45, 2.75) is 6.42 Å². The van der Waals surface area contributed by atoms with E-state index in [9.17, 15) is 10.1 Å². The van der Waals surface area contributed by atoms with Gasteiger partial charge in [0, 0.05) is 21.6 Å². The first-order valence-electron chi connectivity index (χ1n) is 8.77. The molecule has 30 heavy (non-hydrogen) atoms. The van der Waals surface area contributed by atoms with Crippen molar-refractivity contribution >= 4 is 68.4 Å². The highest BCUT2D eigenvalue weighted by molar-refractivity contribution is 9.10. The molecule has 0 bridgehead atoms. The normalized spacial score (nSPS) is 11.1. The molecule has 0 saturated heterocycles. The van der Waals surface area contributed by atoms with Gasteiger partial charge in [-0.15, -0.1) is 0 Å². The number of nitrogens with one attached hydrogen (secondary N) is 1. The first-order chi connectivity index (χ1) is 14.4. The topological polar surface area (TPSA) is 52.9 Å². The molecule has 0 aromatic heterocycles. The van der Waals surface area contributed by atoms with Gasteiger partial charge >= 0.3 is 0 Å². The third-order valence-electron chi connectivity index (χ3n) is 4.27. The van der Waals surface area contributed by atoms with Crippen LogP contribution in [0.5, 0.6) is 0 Å².